The lowest BCUT2D eigenvalue weighted by molar-refractivity contribution is 0.473. The number of benzene rings is 2. The van der Waals surface area contributed by atoms with Crippen molar-refractivity contribution < 1.29 is 4.74 Å². The summed E-state index contributed by atoms with van der Waals surface area (Å²) in [7, 11) is 0. The molecule has 2 aromatic carbocycles. The second-order valence-corrected chi connectivity index (χ2v) is 7.76. The number of thiazole rings is 1. The predicted molar refractivity (Wildman–Crippen MR) is 115 cm³/mol. The maximum Gasteiger partial charge on any atom is 0.273 e. The zero-order valence-corrected chi connectivity index (χ0v) is 16.6. The molecule has 0 saturated carbocycles. The van der Waals surface area contributed by atoms with Gasteiger partial charge in [0.25, 0.3) is 5.56 Å². The first-order chi connectivity index (χ1) is 13.7. The summed E-state index contributed by atoms with van der Waals surface area (Å²) in [5.74, 6) is 1.45. The standard InChI is InChI=1S/C21H17N3O2S2/c1-2-12-24-19-18(28-21(24)27)20(25)23(14-22-19)13-15-8-6-7-11-17(15)26-16-9-4-3-5-10-16/h2-11,14H,1,12-13H2. The van der Waals surface area contributed by atoms with Gasteiger partial charge >= 0.3 is 0 Å². The van der Waals surface area contributed by atoms with Gasteiger partial charge < -0.3 is 9.30 Å². The van der Waals surface area contributed by atoms with E-state index in [1.165, 1.54) is 11.3 Å². The highest BCUT2D eigenvalue weighted by Crippen LogP contribution is 2.26. The molecule has 4 aromatic rings. The zero-order valence-electron chi connectivity index (χ0n) is 14.9. The number of ether oxygens (including phenoxy) is 1. The van der Waals surface area contributed by atoms with Gasteiger partial charge in [-0.2, -0.15) is 0 Å². The molecule has 4 rings (SSSR count). The van der Waals surface area contributed by atoms with Crippen molar-refractivity contribution >= 4 is 33.9 Å². The summed E-state index contributed by atoms with van der Waals surface area (Å²) in [6.45, 7) is 4.62. The van der Waals surface area contributed by atoms with Crippen LogP contribution in [0.25, 0.3) is 10.3 Å². The predicted octanol–water partition coefficient (Wildman–Crippen LogP) is 5.02. The number of nitrogens with zero attached hydrogens (tertiary/aromatic N) is 3. The lowest BCUT2D eigenvalue weighted by Crippen LogP contribution is -2.21. The van der Waals surface area contributed by atoms with Crippen LogP contribution in [0.5, 0.6) is 11.5 Å². The van der Waals surface area contributed by atoms with Crippen LogP contribution in [-0.2, 0) is 13.1 Å². The van der Waals surface area contributed by atoms with Gasteiger partial charge in [-0.05, 0) is 30.4 Å². The number of rotatable bonds is 6. The highest BCUT2D eigenvalue weighted by Gasteiger charge is 2.13. The van der Waals surface area contributed by atoms with Crippen molar-refractivity contribution in [2.45, 2.75) is 13.1 Å². The van der Waals surface area contributed by atoms with Crippen LogP contribution < -0.4 is 10.3 Å². The van der Waals surface area contributed by atoms with Crippen molar-refractivity contribution in [3.05, 3.63) is 93.5 Å². The van der Waals surface area contributed by atoms with E-state index in [9.17, 15) is 4.79 Å². The highest BCUT2D eigenvalue weighted by molar-refractivity contribution is 7.73. The van der Waals surface area contributed by atoms with Gasteiger partial charge in [-0.15, -0.1) is 6.58 Å². The van der Waals surface area contributed by atoms with Gasteiger partial charge in [-0.3, -0.25) is 9.36 Å². The summed E-state index contributed by atoms with van der Waals surface area (Å²) in [5.41, 5.74) is 1.38. The van der Waals surface area contributed by atoms with E-state index in [1.54, 1.807) is 17.0 Å². The Bertz CT molecular complexity index is 1260. The van der Waals surface area contributed by atoms with Crippen molar-refractivity contribution in [3.8, 4) is 11.5 Å². The Morgan fingerprint density at radius 2 is 1.89 bits per heavy atom. The van der Waals surface area contributed by atoms with E-state index in [0.717, 1.165) is 11.3 Å². The molecule has 140 valence electrons. The Morgan fingerprint density at radius 3 is 2.68 bits per heavy atom. The summed E-state index contributed by atoms with van der Waals surface area (Å²) in [4.78, 5) is 17.5. The van der Waals surface area contributed by atoms with Crippen LogP contribution in [0.2, 0.25) is 0 Å². The van der Waals surface area contributed by atoms with E-state index < -0.39 is 0 Å². The molecule has 0 aliphatic rings. The second-order valence-electron chi connectivity index (χ2n) is 6.12. The molecule has 7 heteroatoms. The van der Waals surface area contributed by atoms with E-state index in [0.29, 0.717) is 33.1 Å². The van der Waals surface area contributed by atoms with E-state index >= 15 is 0 Å². The molecule has 0 atom stereocenters. The van der Waals surface area contributed by atoms with Crippen molar-refractivity contribution in [3.63, 3.8) is 0 Å². The molecule has 0 amide bonds. The molecule has 0 N–H and O–H groups in total. The first-order valence-electron chi connectivity index (χ1n) is 8.68. The molecule has 0 spiro atoms. The first-order valence-corrected chi connectivity index (χ1v) is 9.90. The summed E-state index contributed by atoms with van der Waals surface area (Å²) in [5, 5.41) is 0. The average molecular weight is 408 g/mol. The Kier molecular flexibility index (Phi) is 5.18. The molecule has 0 bridgehead atoms. The van der Waals surface area contributed by atoms with Crippen LogP contribution in [0.3, 0.4) is 0 Å². The molecule has 5 nitrogen and oxygen atoms in total. The van der Waals surface area contributed by atoms with Crippen molar-refractivity contribution in [1.29, 1.82) is 0 Å². The third-order valence-electron chi connectivity index (χ3n) is 4.24. The normalized spacial score (nSPS) is 10.9. The van der Waals surface area contributed by atoms with Gasteiger partial charge in [0.15, 0.2) is 9.60 Å². The van der Waals surface area contributed by atoms with Gasteiger partial charge in [0.1, 0.15) is 22.5 Å². The van der Waals surface area contributed by atoms with Crippen LogP contribution in [0.4, 0.5) is 0 Å². The fourth-order valence-corrected chi connectivity index (χ4v) is 4.22. The van der Waals surface area contributed by atoms with E-state index in [2.05, 4.69) is 11.6 Å². The fourth-order valence-electron chi connectivity index (χ4n) is 2.91. The molecule has 2 aromatic heterocycles. The van der Waals surface area contributed by atoms with Crippen LogP contribution in [0.1, 0.15) is 5.56 Å². The maximum absolute atomic E-state index is 13.0. The number of para-hydroxylation sites is 2. The number of hydrogen-bond donors (Lipinski definition) is 0. The maximum atomic E-state index is 13.0. The van der Waals surface area contributed by atoms with Crippen LogP contribution in [-0.4, -0.2) is 14.1 Å². The second kappa shape index (κ2) is 7.92. The number of aromatic nitrogens is 3. The van der Waals surface area contributed by atoms with Gasteiger partial charge in [0, 0.05) is 12.1 Å². The number of allylic oxidation sites excluding steroid dienone is 1. The molecular formula is C21H17N3O2S2. The molecule has 28 heavy (non-hydrogen) atoms. The number of hydrogen-bond acceptors (Lipinski definition) is 5. The van der Waals surface area contributed by atoms with Gasteiger partial charge in [0.05, 0.1) is 6.54 Å². The summed E-state index contributed by atoms with van der Waals surface area (Å²) in [6.07, 6.45) is 3.30. The fraction of sp³-hybridized carbons (Fsp3) is 0.0952. The van der Waals surface area contributed by atoms with Gasteiger partial charge in [-0.1, -0.05) is 53.8 Å². The average Bonchev–Trinajstić information content (AvgIpc) is 3.03. The molecule has 0 unspecified atom stereocenters. The molecule has 0 aliphatic carbocycles. The third kappa shape index (κ3) is 3.54. The van der Waals surface area contributed by atoms with Gasteiger partial charge in [0.2, 0.25) is 0 Å². The highest BCUT2D eigenvalue weighted by atomic mass is 32.1. The molecule has 0 aliphatic heterocycles. The Morgan fingerprint density at radius 1 is 1.14 bits per heavy atom. The Hall–Kier alpha value is -3.03. The monoisotopic (exact) mass is 407 g/mol. The summed E-state index contributed by atoms with van der Waals surface area (Å²) >= 11 is 6.65. The van der Waals surface area contributed by atoms with Crippen LogP contribution in [0, 0.1) is 3.95 Å². The van der Waals surface area contributed by atoms with E-state index in [1.807, 2.05) is 59.2 Å². The largest absolute Gasteiger partial charge is 0.457 e. The zero-order chi connectivity index (χ0) is 19.5. The minimum Gasteiger partial charge on any atom is -0.457 e. The molecule has 0 saturated heterocycles. The SMILES string of the molecule is C=CCn1c(=S)sc2c(=O)n(Cc3ccccc3Oc3ccccc3)cnc21. The lowest BCUT2D eigenvalue weighted by atomic mass is 10.2. The minimum absolute atomic E-state index is 0.113. The topological polar surface area (TPSA) is 49.0 Å². The van der Waals surface area contributed by atoms with Crippen molar-refractivity contribution in [2.75, 3.05) is 0 Å². The molecule has 0 fully saturated rings. The molecule has 2 heterocycles. The van der Waals surface area contributed by atoms with Crippen molar-refractivity contribution in [2.24, 2.45) is 0 Å². The van der Waals surface area contributed by atoms with Crippen molar-refractivity contribution in [1.82, 2.24) is 14.1 Å². The Balaban J connectivity index is 1.71. The lowest BCUT2D eigenvalue weighted by Gasteiger charge is -2.12. The summed E-state index contributed by atoms with van der Waals surface area (Å²) < 4.78 is 10.6. The quantitative estimate of drug-likeness (QED) is 0.333. The minimum atomic E-state index is -0.113. The van der Waals surface area contributed by atoms with Gasteiger partial charge in [-0.25, -0.2) is 4.98 Å². The summed E-state index contributed by atoms with van der Waals surface area (Å²) in [6, 6.07) is 17.2. The van der Waals surface area contributed by atoms with Crippen LogP contribution >= 0.6 is 23.6 Å². The van der Waals surface area contributed by atoms with E-state index in [-0.39, 0.29) is 5.56 Å². The number of fused-ring (bicyclic) bond motifs is 1. The smallest absolute Gasteiger partial charge is 0.273 e. The third-order valence-corrected chi connectivity index (χ3v) is 5.67. The molecular weight excluding hydrogens is 390 g/mol. The molecule has 0 radical (unpaired) electrons. The van der Waals surface area contributed by atoms with Crippen LogP contribution in [0.15, 0.2) is 78.4 Å². The first kappa shape index (κ1) is 18.3. The Labute approximate surface area is 170 Å². The van der Waals surface area contributed by atoms with E-state index in [4.69, 9.17) is 17.0 Å².